The molecule has 3 heteroatoms. The summed E-state index contributed by atoms with van der Waals surface area (Å²) < 4.78 is 5.26. The zero-order valence-corrected chi connectivity index (χ0v) is 14.5. The summed E-state index contributed by atoms with van der Waals surface area (Å²) >= 11 is 0. The molecule has 0 spiro atoms. The van der Waals surface area contributed by atoms with Gasteiger partial charge in [0.25, 0.3) is 0 Å². The van der Waals surface area contributed by atoms with Crippen molar-refractivity contribution in [2.45, 2.75) is 72.4 Å². The van der Waals surface area contributed by atoms with Gasteiger partial charge in [-0.1, -0.05) is 34.6 Å². The molecule has 2 N–H and O–H groups in total. The molecule has 0 saturated carbocycles. The van der Waals surface area contributed by atoms with Gasteiger partial charge in [-0.25, -0.2) is 0 Å². The number of hydrogen-bond acceptors (Lipinski definition) is 3. The predicted octanol–water partition coefficient (Wildman–Crippen LogP) is 4.51. The maximum Gasteiger partial charge on any atom is 0.0950 e. The van der Waals surface area contributed by atoms with Gasteiger partial charge in [-0.3, -0.25) is 0 Å². The summed E-state index contributed by atoms with van der Waals surface area (Å²) in [6.07, 6.45) is 8.30. The molecule has 1 rings (SSSR count). The molecule has 0 aliphatic carbocycles. The van der Waals surface area contributed by atoms with Crippen LogP contribution in [-0.2, 0) is 0 Å². The normalized spacial score (nSPS) is 15.1. The Kier molecular flexibility index (Phi) is 8.05. The highest BCUT2D eigenvalue weighted by Gasteiger charge is 2.25. The number of rotatable bonds is 10. The van der Waals surface area contributed by atoms with Gasteiger partial charge in [-0.05, 0) is 50.3 Å². The van der Waals surface area contributed by atoms with E-state index < -0.39 is 0 Å². The Morgan fingerprint density at radius 1 is 1.05 bits per heavy atom. The molecule has 2 atom stereocenters. The molecule has 0 saturated heterocycles. The van der Waals surface area contributed by atoms with Crippen LogP contribution in [-0.4, -0.2) is 19.1 Å². The van der Waals surface area contributed by atoms with Crippen LogP contribution in [0.15, 0.2) is 23.0 Å². The maximum absolute atomic E-state index is 5.26. The molecule has 1 aromatic heterocycles. The summed E-state index contributed by atoms with van der Waals surface area (Å²) in [7, 11) is 0. The Morgan fingerprint density at radius 3 is 2.24 bits per heavy atom. The van der Waals surface area contributed by atoms with Crippen molar-refractivity contribution in [3.8, 4) is 0 Å². The van der Waals surface area contributed by atoms with E-state index in [9.17, 15) is 0 Å². The molecule has 0 radical (unpaired) electrons. The van der Waals surface area contributed by atoms with E-state index in [0.29, 0.717) is 17.5 Å². The van der Waals surface area contributed by atoms with Gasteiger partial charge in [0.05, 0.1) is 12.5 Å². The van der Waals surface area contributed by atoms with Crippen molar-refractivity contribution in [3.05, 3.63) is 24.2 Å². The van der Waals surface area contributed by atoms with E-state index >= 15 is 0 Å². The van der Waals surface area contributed by atoms with Crippen LogP contribution >= 0.6 is 0 Å². The number of hydrogen-bond donors (Lipinski definition) is 2. The summed E-state index contributed by atoms with van der Waals surface area (Å²) in [5.74, 6) is 0. The van der Waals surface area contributed by atoms with Crippen molar-refractivity contribution in [1.29, 1.82) is 0 Å². The van der Waals surface area contributed by atoms with Crippen molar-refractivity contribution < 1.29 is 4.42 Å². The molecular weight excluding hydrogens is 260 g/mol. The lowest BCUT2D eigenvalue weighted by molar-refractivity contribution is 0.243. The molecule has 0 amide bonds. The monoisotopic (exact) mass is 294 g/mol. The lowest BCUT2D eigenvalue weighted by Crippen LogP contribution is -2.41. The summed E-state index contributed by atoms with van der Waals surface area (Å²) in [4.78, 5) is 0. The molecule has 0 aliphatic heterocycles. The van der Waals surface area contributed by atoms with Crippen LogP contribution in [0.3, 0.4) is 0 Å². The highest BCUT2D eigenvalue weighted by atomic mass is 16.3. The van der Waals surface area contributed by atoms with E-state index in [-0.39, 0.29) is 0 Å². The first-order valence-corrected chi connectivity index (χ1v) is 8.47. The van der Waals surface area contributed by atoms with E-state index in [2.05, 4.69) is 51.3 Å². The third-order valence-corrected chi connectivity index (χ3v) is 4.02. The van der Waals surface area contributed by atoms with E-state index in [0.717, 1.165) is 25.9 Å². The summed E-state index contributed by atoms with van der Waals surface area (Å²) in [5, 5.41) is 7.36. The Labute approximate surface area is 130 Å². The van der Waals surface area contributed by atoms with E-state index in [1.165, 1.54) is 18.4 Å². The van der Waals surface area contributed by atoms with Crippen molar-refractivity contribution in [1.82, 2.24) is 10.6 Å². The molecule has 0 fully saturated rings. The van der Waals surface area contributed by atoms with Crippen LogP contribution < -0.4 is 10.6 Å². The van der Waals surface area contributed by atoms with Crippen LogP contribution in [0.2, 0.25) is 0 Å². The molecule has 1 aromatic rings. The average molecular weight is 294 g/mol. The van der Waals surface area contributed by atoms with Crippen LogP contribution in [0.5, 0.6) is 0 Å². The van der Waals surface area contributed by atoms with E-state index in [4.69, 9.17) is 4.42 Å². The third kappa shape index (κ3) is 6.66. The molecule has 0 aliphatic rings. The minimum Gasteiger partial charge on any atom is -0.472 e. The minimum absolute atomic E-state index is 0.293. The molecule has 0 bridgehead atoms. The average Bonchev–Trinajstić information content (AvgIpc) is 2.94. The first-order chi connectivity index (χ1) is 9.99. The second kappa shape index (κ2) is 9.26. The van der Waals surface area contributed by atoms with Crippen molar-refractivity contribution in [2.24, 2.45) is 5.41 Å². The quantitative estimate of drug-likeness (QED) is 0.666. The third-order valence-electron chi connectivity index (χ3n) is 4.02. The zero-order valence-electron chi connectivity index (χ0n) is 14.5. The summed E-state index contributed by atoms with van der Waals surface area (Å²) in [6.45, 7) is 13.6. The number of nitrogens with one attached hydrogen (secondary N) is 2. The number of furan rings is 1. The van der Waals surface area contributed by atoms with Crippen LogP contribution in [0.4, 0.5) is 0 Å². The highest BCUT2D eigenvalue weighted by molar-refractivity contribution is 5.11. The highest BCUT2D eigenvalue weighted by Crippen LogP contribution is 2.27. The van der Waals surface area contributed by atoms with Crippen molar-refractivity contribution in [2.75, 3.05) is 13.1 Å². The second-order valence-corrected chi connectivity index (χ2v) is 7.01. The van der Waals surface area contributed by atoms with E-state index in [1.54, 1.807) is 6.26 Å². The molecule has 21 heavy (non-hydrogen) atoms. The largest absolute Gasteiger partial charge is 0.472 e. The Morgan fingerprint density at radius 2 is 1.71 bits per heavy atom. The lowest BCUT2D eigenvalue weighted by atomic mass is 9.82. The minimum atomic E-state index is 0.293. The first kappa shape index (κ1) is 18.2. The fraction of sp³-hybridized carbons (Fsp3) is 0.778. The van der Waals surface area contributed by atoms with Crippen LogP contribution in [0.25, 0.3) is 0 Å². The topological polar surface area (TPSA) is 37.2 Å². The fourth-order valence-electron chi connectivity index (χ4n) is 2.67. The Hall–Kier alpha value is -0.800. The van der Waals surface area contributed by atoms with Gasteiger partial charge in [0.2, 0.25) is 0 Å². The van der Waals surface area contributed by atoms with Crippen molar-refractivity contribution >= 4 is 0 Å². The Balaban J connectivity index is 2.60. The van der Waals surface area contributed by atoms with Gasteiger partial charge in [-0.2, -0.15) is 0 Å². The summed E-state index contributed by atoms with van der Waals surface area (Å²) in [6, 6.07) is 3.03. The van der Waals surface area contributed by atoms with Crippen LogP contribution in [0.1, 0.15) is 71.9 Å². The lowest BCUT2D eigenvalue weighted by Gasteiger charge is -2.33. The maximum atomic E-state index is 5.26. The van der Waals surface area contributed by atoms with Crippen molar-refractivity contribution in [3.63, 3.8) is 0 Å². The Bertz CT molecular complexity index is 354. The smallest absolute Gasteiger partial charge is 0.0950 e. The first-order valence-electron chi connectivity index (χ1n) is 8.47. The molecule has 0 aromatic carbocycles. The van der Waals surface area contributed by atoms with Gasteiger partial charge < -0.3 is 15.1 Å². The van der Waals surface area contributed by atoms with Gasteiger partial charge in [0.1, 0.15) is 0 Å². The molecule has 3 nitrogen and oxygen atoms in total. The fourth-order valence-corrected chi connectivity index (χ4v) is 2.67. The van der Waals surface area contributed by atoms with Crippen LogP contribution in [0, 0.1) is 5.41 Å². The predicted molar refractivity (Wildman–Crippen MR) is 90.5 cm³/mol. The molecule has 1 heterocycles. The standard InChI is InChI=1S/C18H34N2O/c1-6-11-19-16(15-10-13-21-14-15)8-9-17(18(3,4)5)20-12-7-2/h10,13-14,16-17,19-20H,6-9,11-12H2,1-5H3. The summed E-state index contributed by atoms with van der Waals surface area (Å²) in [5.41, 5.74) is 1.56. The van der Waals surface area contributed by atoms with Gasteiger partial charge in [0.15, 0.2) is 0 Å². The molecular formula is C18H34N2O. The van der Waals surface area contributed by atoms with Gasteiger partial charge in [0, 0.05) is 17.6 Å². The van der Waals surface area contributed by atoms with Gasteiger partial charge >= 0.3 is 0 Å². The molecule has 122 valence electrons. The molecule has 2 unspecified atom stereocenters. The zero-order chi connectivity index (χ0) is 15.7. The van der Waals surface area contributed by atoms with Gasteiger partial charge in [-0.15, -0.1) is 0 Å². The SMILES string of the molecule is CCCNC(CCC(NCCC)C(C)(C)C)c1ccoc1. The van der Waals surface area contributed by atoms with E-state index in [1.807, 2.05) is 6.26 Å². The second-order valence-electron chi connectivity index (χ2n) is 7.01.